The number of carbonyl (C=O) groups excluding carboxylic acids is 1. The van der Waals surface area contributed by atoms with Gasteiger partial charge in [-0.3, -0.25) is 4.79 Å². The molecule has 0 bridgehead atoms. The minimum absolute atomic E-state index is 0.0290. The topological polar surface area (TPSA) is 29.5 Å². The van der Waals surface area contributed by atoms with Gasteiger partial charge in [0.2, 0.25) is 5.91 Å². The molecule has 1 heterocycles. The molecule has 3 rings (SSSR count). The van der Waals surface area contributed by atoms with Crippen molar-refractivity contribution in [2.45, 2.75) is 58.5 Å². The number of rotatable bonds is 4. The molecule has 1 saturated carbocycles. The fourth-order valence-electron chi connectivity index (χ4n) is 4.39. The summed E-state index contributed by atoms with van der Waals surface area (Å²) in [5.74, 6) is 0.740. The third-order valence-electron chi connectivity index (χ3n) is 6.31. The molecule has 3 atom stereocenters. The number of carbonyl (C=O) groups is 1. The molecule has 2 fully saturated rings. The number of ether oxygens (including phenoxy) is 1. The van der Waals surface area contributed by atoms with E-state index in [2.05, 4.69) is 13.8 Å². The van der Waals surface area contributed by atoms with Crippen LogP contribution in [0.1, 0.15) is 51.5 Å². The fraction of sp³-hybridized carbons (Fsp3) is 0.667. The monoisotopic (exact) mass is 381 g/mol. The van der Waals surface area contributed by atoms with Crippen molar-refractivity contribution in [2.75, 3.05) is 13.2 Å². The lowest BCUT2D eigenvalue weighted by atomic mass is 9.76. The van der Waals surface area contributed by atoms with Gasteiger partial charge < -0.3 is 9.64 Å². The largest absolute Gasteiger partial charge is 0.381 e. The van der Waals surface area contributed by atoms with Crippen molar-refractivity contribution in [2.24, 2.45) is 17.8 Å². The predicted molar refractivity (Wildman–Crippen MR) is 101 cm³/mol. The van der Waals surface area contributed by atoms with E-state index in [9.17, 15) is 9.18 Å². The SMILES string of the molecule is CC1CCCC(N(Cc2c(F)cccc2Cl)C(=O)C2CCOCC2)C1C. The van der Waals surface area contributed by atoms with E-state index in [0.29, 0.717) is 35.6 Å². The smallest absolute Gasteiger partial charge is 0.226 e. The molecule has 3 nitrogen and oxygen atoms in total. The lowest BCUT2D eigenvalue weighted by molar-refractivity contribution is -0.144. The van der Waals surface area contributed by atoms with Gasteiger partial charge in [-0.25, -0.2) is 4.39 Å². The maximum Gasteiger partial charge on any atom is 0.226 e. The molecule has 2 aliphatic rings. The Bertz CT molecular complexity index is 612. The summed E-state index contributed by atoms with van der Waals surface area (Å²) in [6.07, 6.45) is 4.77. The van der Waals surface area contributed by atoms with Gasteiger partial charge in [-0.1, -0.05) is 44.4 Å². The maximum absolute atomic E-state index is 14.4. The summed E-state index contributed by atoms with van der Waals surface area (Å²) in [5.41, 5.74) is 0.431. The number of halogens is 2. The standard InChI is InChI=1S/C21H29ClFNO2/c1-14-5-3-8-20(15(14)2)24(21(25)16-9-11-26-12-10-16)13-17-18(22)6-4-7-19(17)23/h4,6-7,14-16,20H,3,5,8-13H2,1-2H3. The fourth-order valence-corrected chi connectivity index (χ4v) is 4.61. The number of nitrogens with zero attached hydrogens (tertiary/aromatic N) is 1. The van der Waals surface area contributed by atoms with Gasteiger partial charge in [-0.2, -0.15) is 0 Å². The van der Waals surface area contributed by atoms with Crippen molar-refractivity contribution in [1.29, 1.82) is 0 Å². The van der Waals surface area contributed by atoms with E-state index >= 15 is 0 Å². The number of amides is 1. The summed E-state index contributed by atoms with van der Waals surface area (Å²) >= 11 is 6.27. The van der Waals surface area contributed by atoms with Crippen LogP contribution in [-0.2, 0) is 16.1 Å². The molecule has 144 valence electrons. The van der Waals surface area contributed by atoms with Gasteiger partial charge in [0.1, 0.15) is 5.82 Å². The Morgan fingerprint density at radius 1 is 1.23 bits per heavy atom. The Kier molecular flexibility index (Phi) is 6.57. The molecule has 0 radical (unpaired) electrons. The van der Waals surface area contributed by atoms with E-state index in [-0.39, 0.29) is 30.2 Å². The van der Waals surface area contributed by atoms with Crippen LogP contribution in [0.2, 0.25) is 5.02 Å². The van der Waals surface area contributed by atoms with Gasteiger partial charge in [-0.05, 0) is 43.2 Å². The average molecular weight is 382 g/mol. The van der Waals surface area contributed by atoms with Gasteiger partial charge in [0.15, 0.2) is 0 Å². The zero-order chi connectivity index (χ0) is 18.7. The van der Waals surface area contributed by atoms with Crippen LogP contribution in [0.4, 0.5) is 4.39 Å². The van der Waals surface area contributed by atoms with Crippen LogP contribution in [0, 0.1) is 23.6 Å². The zero-order valence-electron chi connectivity index (χ0n) is 15.7. The van der Waals surface area contributed by atoms with Crippen molar-refractivity contribution in [3.05, 3.63) is 34.6 Å². The van der Waals surface area contributed by atoms with Crippen LogP contribution < -0.4 is 0 Å². The lowest BCUT2D eigenvalue weighted by Crippen LogP contribution is -2.49. The molecule has 0 spiro atoms. The summed E-state index contributed by atoms with van der Waals surface area (Å²) in [5, 5.41) is 0.395. The van der Waals surface area contributed by atoms with Crippen molar-refractivity contribution >= 4 is 17.5 Å². The second-order valence-electron chi connectivity index (χ2n) is 7.89. The van der Waals surface area contributed by atoms with Crippen molar-refractivity contribution < 1.29 is 13.9 Å². The number of hydrogen-bond donors (Lipinski definition) is 0. The van der Waals surface area contributed by atoms with E-state index in [1.54, 1.807) is 12.1 Å². The molecule has 5 heteroatoms. The third-order valence-corrected chi connectivity index (χ3v) is 6.66. The first kappa shape index (κ1) is 19.6. The molecule has 0 N–H and O–H groups in total. The van der Waals surface area contributed by atoms with Crippen LogP contribution in [0.25, 0.3) is 0 Å². The number of benzene rings is 1. The molecule has 1 amide bonds. The molecular formula is C21H29ClFNO2. The predicted octanol–water partition coefficient (Wildman–Crippen LogP) is 5.06. The van der Waals surface area contributed by atoms with Crippen LogP contribution in [0.15, 0.2) is 18.2 Å². The number of hydrogen-bond acceptors (Lipinski definition) is 2. The van der Waals surface area contributed by atoms with Crippen LogP contribution >= 0.6 is 11.6 Å². The van der Waals surface area contributed by atoms with Crippen molar-refractivity contribution in [1.82, 2.24) is 4.90 Å². The second kappa shape index (κ2) is 8.71. The Morgan fingerprint density at radius 3 is 2.65 bits per heavy atom. The lowest BCUT2D eigenvalue weighted by Gasteiger charge is -2.43. The van der Waals surface area contributed by atoms with Crippen LogP contribution in [-0.4, -0.2) is 30.1 Å². The molecule has 1 aliphatic carbocycles. The average Bonchev–Trinajstić information content (AvgIpc) is 2.64. The Balaban J connectivity index is 1.89. The van der Waals surface area contributed by atoms with E-state index in [1.165, 1.54) is 12.5 Å². The first-order valence-electron chi connectivity index (χ1n) is 9.80. The van der Waals surface area contributed by atoms with Gasteiger partial charge >= 0.3 is 0 Å². The first-order chi connectivity index (χ1) is 12.5. The van der Waals surface area contributed by atoms with E-state index in [4.69, 9.17) is 16.3 Å². The third kappa shape index (κ3) is 4.23. The summed E-state index contributed by atoms with van der Waals surface area (Å²) in [6.45, 7) is 5.98. The molecule has 1 aromatic carbocycles. The zero-order valence-corrected chi connectivity index (χ0v) is 16.5. The quantitative estimate of drug-likeness (QED) is 0.729. The molecule has 3 unspecified atom stereocenters. The Labute approximate surface area is 160 Å². The second-order valence-corrected chi connectivity index (χ2v) is 8.29. The van der Waals surface area contributed by atoms with Gasteiger partial charge in [0.05, 0.1) is 6.54 Å². The molecular weight excluding hydrogens is 353 g/mol. The molecule has 1 saturated heterocycles. The molecule has 26 heavy (non-hydrogen) atoms. The minimum atomic E-state index is -0.334. The Morgan fingerprint density at radius 2 is 1.96 bits per heavy atom. The highest BCUT2D eigenvalue weighted by molar-refractivity contribution is 6.31. The summed E-state index contributed by atoms with van der Waals surface area (Å²) in [4.78, 5) is 15.3. The summed E-state index contributed by atoms with van der Waals surface area (Å²) < 4.78 is 19.8. The van der Waals surface area contributed by atoms with Crippen LogP contribution in [0.3, 0.4) is 0 Å². The normalized spacial score (nSPS) is 27.3. The summed E-state index contributed by atoms with van der Waals surface area (Å²) in [7, 11) is 0. The van der Waals surface area contributed by atoms with Crippen molar-refractivity contribution in [3.8, 4) is 0 Å². The molecule has 1 aromatic rings. The summed E-state index contributed by atoms with van der Waals surface area (Å²) in [6, 6.07) is 4.87. The highest BCUT2D eigenvalue weighted by atomic mass is 35.5. The van der Waals surface area contributed by atoms with Gasteiger partial charge in [-0.15, -0.1) is 0 Å². The van der Waals surface area contributed by atoms with Gasteiger partial charge in [0, 0.05) is 35.8 Å². The molecule has 0 aromatic heterocycles. The first-order valence-corrected chi connectivity index (χ1v) is 10.2. The van der Waals surface area contributed by atoms with Gasteiger partial charge in [0.25, 0.3) is 0 Å². The van der Waals surface area contributed by atoms with E-state index in [0.717, 1.165) is 25.7 Å². The minimum Gasteiger partial charge on any atom is -0.381 e. The van der Waals surface area contributed by atoms with Crippen LogP contribution in [0.5, 0.6) is 0 Å². The Hall–Kier alpha value is -1.13. The van der Waals surface area contributed by atoms with E-state index in [1.807, 2.05) is 4.90 Å². The highest BCUT2D eigenvalue weighted by Gasteiger charge is 2.37. The van der Waals surface area contributed by atoms with Crippen molar-refractivity contribution in [3.63, 3.8) is 0 Å². The van der Waals surface area contributed by atoms with E-state index < -0.39 is 0 Å². The molecule has 1 aliphatic heterocycles. The maximum atomic E-state index is 14.4. The highest BCUT2D eigenvalue weighted by Crippen LogP contribution is 2.36.